The number of rotatable bonds is 6. The molecule has 0 aliphatic carbocycles. The summed E-state index contributed by atoms with van der Waals surface area (Å²) in [6, 6.07) is 2.22. The topological polar surface area (TPSA) is 21.7 Å². The van der Waals surface area contributed by atoms with Crippen LogP contribution in [0.3, 0.4) is 0 Å². The highest BCUT2D eigenvalue weighted by molar-refractivity contribution is 6.64. The minimum Gasteiger partial charge on any atom is -0.383 e. The Balaban J connectivity index is 2.92. The first-order valence-electron chi connectivity index (χ1n) is 7.17. The van der Waals surface area contributed by atoms with E-state index in [9.17, 15) is 0 Å². The van der Waals surface area contributed by atoms with Gasteiger partial charge >= 0.3 is 8.72 Å². The predicted molar refractivity (Wildman–Crippen MR) is 74.1 cm³/mol. The van der Waals surface area contributed by atoms with Crippen LogP contribution in [-0.2, 0) is 8.85 Å². The average molecular weight is 259 g/mol. The maximum absolute atomic E-state index is 6.14. The third-order valence-electron chi connectivity index (χ3n) is 3.77. The van der Waals surface area contributed by atoms with Crippen molar-refractivity contribution in [1.82, 2.24) is 4.57 Å². The third-order valence-corrected chi connectivity index (χ3v) is 7.81. The maximum Gasteiger partial charge on any atom is 0.427 e. The predicted octanol–water partition coefficient (Wildman–Crippen LogP) is 3.28. The lowest BCUT2D eigenvalue weighted by molar-refractivity contribution is 0.0658. The quantitative estimate of drug-likeness (QED) is 0.683. The molecule has 17 heavy (non-hydrogen) atoms. The van der Waals surface area contributed by atoms with Gasteiger partial charge < -0.3 is 8.85 Å². The molecular formula is C13H29NO2Si. The van der Waals surface area contributed by atoms with E-state index in [0.717, 1.165) is 19.3 Å². The first-order chi connectivity index (χ1) is 8.11. The van der Waals surface area contributed by atoms with E-state index >= 15 is 0 Å². The fourth-order valence-electron chi connectivity index (χ4n) is 3.12. The molecule has 4 heteroatoms. The van der Waals surface area contributed by atoms with Crippen molar-refractivity contribution in [3.8, 4) is 0 Å². The van der Waals surface area contributed by atoms with Crippen molar-refractivity contribution < 1.29 is 8.85 Å². The highest BCUT2D eigenvalue weighted by Crippen LogP contribution is 2.31. The summed E-state index contributed by atoms with van der Waals surface area (Å²) in [4.78, 5) is 0. The van der Waals surface area contributed by atoms with Gasteiger partial charge in [0.05, 0.1) is 0 Å². The van der Waals surface area contributed by atoms with E-state index in [1.165, 1.54) is 19.3 Å². The zero-order valence-electron chi connectivity index (χ0n) is 12.2. The molecule has 0 bridgehead atoms. The average Bonchev–Trinajstić information content (AvgIpc) is 2.29. The molecule has 102 valence electrons. The standard InChI is InChI=1S/C13H29NO2Si/c1-6-15-17(8-3,16-7-2)14-12(4)10-9-11-13(14)5/h12-13H,6-11H2,1-5H3/t12-,13+. The third kappa shape index (κ3) is 3.31. The Morgan fingerprint density at radius 2 is 1.47 bits per heavy atom. The summed E-state index contributed by atoms with van der Waals surface area (Å²) >= 11 is 0. The zero-order valence-corrected chi connectivity index (χ0v) is 13.2. The van der Waals surface area contributed by atoms with Crippen molar-refractivity contribution in [2.75, 3.05) is 13.2 Å². The molecule has 0 radical (unpaired) electrons. The Labute approximate surface area is 108 Å². The zero-order chi connectivity index (χ0) is 12.9. The second kappa shape index (κ2) is 6.88. The first kappa shape index (κ1) is 15.2. The van der Waals surface area contributed by atoms with E-state index in [4.69, 9.17) is 8.85 Å². The van der Waals surface area contributed by atoms with E-state index in [0.29, 0.717) is 12.1 Å². The molecule has 1 aliphatic rings. The van der Waals surface area contributed by atoms with Gasteiger partial charge in [-0.15, -0.1) is 0 Å². The summed E-state index contributed by atoms with van der Waals surface area (Å²) < 4.78 is 14.9. The molecule has 0 N–H and O–H groups in total. The monoisotopic (exact) mass is 259 g/mol. The smallest absolute Gasteiger partial charge is 0.383 e. The normalized spacial score (nSPS) is 27.4. The summed E-state index contributed by atoms with van der Waals surface area (Å²) in [5.41, 5.74) is 0. The van der Waals surface area contributed by atoms with Crippen molar-refractivity contribution >= 4 is 8.72 Å². The fraction of sp³-hybridized carbons (Fsp3) is 1.00. The molecule has 1 rings (SSSR count). The van der Waals surface area contributed by atoms with Crippen LogP contribution in [0.4, 0.5) is 0 Å². The van der Waals surface area contributed by atoms with Gasteiger partial charge in [-0.05, 0) is 40.5 Å². The Hall–Kier alpha value is 0.0969. The molecule has 0 aromatic heterocycles. The van der Waals surface area contributed by atoms with Crippen LogP contribution in [0.2, 0.25) is 6.04 Å². The van der Waals surface area contributed by atoms with Crippen LogP contribution in [0.15, 0.2) is 0 Å². The van der Waals surface area contributed by atoms with Crippen molar-refractivity contribution in [1.29, 1.82) is 0 Å². The molecule has 3 nitrogen and oxygen atoms in total. The van der Waals surface area contributed by atoms with Crippen LogP contribution in [0.5, 0.6) is 0 Å². The SMILES string of the molecule is CCO[Si](CC)(OCC)N1[C@H](C)CCC[C@@H]1C. The number of hydrogen-bond acceptors (Lipinski definition) is 3. The van der Waals surface area contributed by atoms with Crippen LogP contribution in [0.25, 0.3) is 0 Å². The Bertz CT molecular complexity index is 209. The minimum atomic E-state index is -2.16. The molecule has 1 aliphatic heterocycles. The highest BCUT2D eigenvalue weighted by atomic mass is 28.4. The molecule has 0 spiro atoms. The van der Waals surface area contributed by atoms with Crippen molar-refractivity contribution in [2.24, 2.45) is 0 Å². The van der Waals surface area contributed by atoms with E-state index in [-0.39, 0.29) is 0 Å². The summed E-state index contributed by atoms with van der Waals surface area (Å²) in [6.07, 6.45) is 3.89. The lowest BCUT2D eigenvalue weighted by atomic mass is 10.0. The van der Waals surface area contributed by atoms with Crippen LogP contribution < -0.4 is 0 Å². The lowest BCUT2D eigenvalue weighted by Gasteiger charge is -2.48. The van der Waals surface area contributed by atoms with Crippen LogP contribution in [-0.4, -0.2) is 38.6 Å². The van der Waals surface area contributed by atoms with E-state index < -0.39 is 8.72 Å². The van der Waals surface area contributed by atoms with Gasteiger partial charge in [0.2, 0.25) is 0 Å². The molecule has 0 aromatic rings. The lowest BCUT2D eigenvalue weighted by Crippen LogP contribution is -2.65. The van der Waals surface area contributed by atoms with Gasteiger partial charge in [0.25, 0.3) is 0 Å². The van der Waals surface area contributed by atoms with E-state index in [1.54, 1.807) is 0 Å². The van der Waals surface area contributed by atoms with Gasteiger partial charge in [-0.3, -0.25) is 4.57 Å². The van der Waals surface area contributed by atoms with Gasteiger partial charge in [-0.25, -0.2) is 0 Å². The van der Waals surface area contributed by atoms with Crippen molar-refractivity contribution in [3.05, 3.63) is 0 Å². The number of piperidine rings is 1. The first-order valence-corrected chi connectivity index (χ1v) is 9.14. The van der Waals surface area contributed by atoms with E-state index in [2.05, 4.69) is 39.2 Å². The van der Waals surface area contributed by atoms with Crippen LogP contribution in [0, 0.1) is 0 Å². The second-order valence-corrected chi connectivity index (χ2v) is 8.19. The molecule has 0 aromatic carbocycles. The van der Waals surface area contributed by atoms with Gasteiger partial charge in [0.1, 0.15) is 0 Å². The Morgan fingerprint density at radius 3 is 1.82 bits per heavy atom. The van der Waals surface area contributed by atoms with E-state index in [1.807, 2.05) is 0 Å². The Morgan fingerprint density at radius 1 is 1.00 bits per heavy atom. The summed E-state index contributed by atoms with van der Waals surface area (Å²) in [5, 5.41) is 0. The number of hydrogen-bond donors (Lipinski definition) is 0. The van der Waals surface area contributed by atoms with Gasteiger partial charge in [-0.1, -0.05) is 13.3 Å². The Kier molecular flexibility index (Phi) is 6.13. The highest BCUT2D eigenvalue weighted by Gasteiger charge is 2.48. The van der Waals surface area contributed by atoms with Crippen molar-refractivity contribution in [3.63, 3.8) is 0 Å². The summed E-state index contributed by atoms with van der Waals surface area (Å²) in [6.45, 7) is 12.5. The van der Waals surface area contributed by atoms with Crippen LogP contribution in [0.1, 0.15) is 53.9 Å². The fourth-order valence-corrected chi connectivity index (χ4v) is 6.78. The van der Waals surface area contributed by atoms with Gasteiger partial charge in [0, 0.05) is 31.3 Å². The molecule has 1 fully saturated rings. The largest absolute Gasteiger partial charge is 0.427 e. The molecule has 0 unspecified atom stereocenters. The molecule has 1 saturated heterocycles. The van der Waals surface area contributed by atoms with Crippen LogP contribution >= 0.6 is 0 Å². The second-order valence-electron chi connectivity index (χ2n) is 4.97. The molecule has 2 atom stereocenters. The summed E-state index contributed by atoms with van der Waals surface area (Å²) in [5.74, 6) is 0. The molecular weight excluding hydrogens is 230 g/mol. The summed E-state index contributed by atoms with van der Waals surface area (Å²) in [7, 11) is -2.16. The minimum absolute atomic E-state index is 0.600. The van der Waals surface area contributed by atoms with Gasteiger partial charge in [-0.2, -0.15) is 0 Å². The molecule has 1 heterocycles. The van der Waals surface area contributed by atoms with Gasteiger partial charge in [0.15, 0.2) is 0 Å². The maximum atomic E-state index is 6.14. The molecule has 0 saturated carbocycles. The van der Waals surface area contributed by atoms with Crippen molar-refractivity contribution in [2.45, 2.75) is 72.0 Å². The molecule has 0 amide bonds. The number of nitrogens with zero attached hydrogens (tertiary/aromatic N) is 1.